The van der Waals surface area contributed by atoms with Crippen molar-refractivity contribution < 1.29 is 28.6 Å². The van der Waals surface area contributed by atoms with Crippen LogP contribution in [0.1, 0.15) is 271 Å². The molecule has 0 amide bonds. The second-order valence-electron chi connectivity index (χ2n) is 16.4. The minimum absolute atomic E-state index is 0.0625. The topological polar surface area (TPSA) is 78.9 Å². The van der Waals surface area contributed by atoms with Crippen molar-refractivity contribution >= 4 is 17.9 Å². The molecule has 0 rings (SSSR count). The zero-order chi connectivity index (χ0) is 39.4. The van der Waals surface area contributed by atoms with Gasteiger partial charge in [0.2, 0.25) is 0 Å². The van der Waals surface area contributed by atoms with Crippen LogP contribution in [0.2, 0.25) is 0 Å². The molecule has 1 unspecified atom stereocenters. The maximum atomic E-state index is 12.7. The van der Waals surface area contributed by atoms with Crippen LogP contribution in [0.15, 0.2) is 0 Å². The highest BCUT2D eigenvalue weighted by atomic mass is 16.6. The molecule has 6 heteroatoms. The van der Waals surface area contributed by atoms with E-state index in [1.165, 1.54) is 173 Å². The second kappa shape index (κ2) is 44.1. The van der Waals surface area contributed by atoms with E-state index in [1.54, 1.807) is 0 Å². The van der Waals surface area contributed by atoms with Crippen LogP contribution in [-0.4, -0.2) is 37.2 Å². The molecule has 0 N–H and O–H groups in total. The van der Waals surface area contributed by atoms with Crippen LogP contribution in [0, 0.1) is 0 Å². The molecule has 0 radical (unpaired) electrons. The van der Waals surface area contributed by atoms with Crippen LogP contribution in [0.5, 0.6) is 0 Å². The monoisotopic (exact) mass is 765 g/mol. The van der Waals surface area contributed by atoms with Gasteiger partial charge in [-0.3, -0.25) is 14.4 Å². The average molecular weight is 765 g/mol. The van der Waals surface area contributed by atoms with Gasteiger partial charge < -0.3 is 14.2 Å². The van der Waals surface area contributed by atoms with Gasteiger partial charge in [0, 0.05) is 19.3 Å². The first-order chi connectivity index (χ1) is 26.5. The molecule has 0 saturated heterocycles. The SMILES string of the molecule is CCCCCCCCCCCCCCCCC(=O)OCC(COC(=O)CCCCCCCCCC)OC(=O)CCCCCCCCCCCCCCCC. The lowest BCUT2D eigenvalue weighted by atomic mass is 10.0. The van der Waals surface area contributed by atoms with Crippen molar-refractivity contribution in [2.45, 2.75) is 277 Å². The van der Waals surface area contributed by atoms with Gasteiger partial charge >= 0.3 is 17.9 Å². The Labute approximate surface area is 336 Å². The third-order valence-electron chi connectivity index (χ3n) is 10.9. The van der Waals surface area contributed by atoms with E-state index in [4.69, 9.17) is 14.2 Å². The Balaban J connectivity index is 4.26. The molecule has 6 nitrogen and oxygen atoms in total. The molecular weight excluding hydrogens is 673 g/mol. The largest absolute Gasteiger partial charge is 0.462 e. The van der Waals surface area contributed by atoms with E-state index in [0.29, 0.717) is 19.3 Å². The summed E-state index contributed by atoms with van der Waals surface area (Å²) in [5, 5.41) is 0. The van der Waals surface area contributed by atoms with Crippen molar-refractivity contribution in [2.24, 2.45) is 0 Å². The quantitative estimate of drug-likeness (QED) is 0.0349. The van der Waals surface area contributed by atoms with Gasteiger partial charge in [-0.2, -0.15) is 0 Å². The van der Waals surface area contributed by atoms with Crippen molar-refractivity contribution in [3.05, 3.63) is 0 Å². The van der Waals surface area contributed by atoms with Gasteiger partial charge in [0.05, 0.1) is 0 Å². The van der Waals surface area contributed by atoms with Gasteiger partial charge in [-0.05, 0) is 19.3 Å². The number of carbonyl (C=O) groups excluding carboxylic acids is 3. The van der Waals surface area contributed by atoms with Gasteiger partial charge in [0.25, 0.3) is 0 Å². The van der Waals surface area contributed by atoms with E-state index in [9.17, 15) is 14.4 Å². The maximum absolute atomic E-state index is 12.7. The van der Waals surface area contributed by atoms with E-state index in [-0.39, 0.29) is 31.1 Å². The standard InChI is InChI=1S/C48H92O6/c1-4-7-10-13-16-19-21-23-25-27-29-32-35-38-41-47(50)53-44-45(43-52-46(49)40-37-34-31-18-15-12-9-6-3)54-48(51)42-39-36-33-30-28-26-24-22-20-17-14-11-8-5-2/h45H,4-44H2,1-3H3. The molecule has 54 heavy (non-hydrogen) atoms. The lowest BCUT2D eigenvalue weighted by Gasteiger charge is -2.18. The Hall–Kier alpha value is -1.59. The number of hydrogen-bond donors (Lipinski definition) is 0. The van der Waals surface area contributed by atoms with Crippen LogP contribution in [0.4, 0.5) is 0 Å². The summed E-state index contributed by atoms with van der Waals surface area (Å²) in [6.07, 6.45) is 45.1. The van der Waals surface area contributed by atoms with E-state index in [2.05, 4.69) is 20.8 Å². The summed E-state index contributed by atoms with van der Waals surface area (Å²) >= 11 is 0. The minimum Gasteiger partial charge on any atom is -0.462 e. The predicted molar refractivity (Wildman–Crippen MR) is 229 cm³/mol. The van der Waals surface area contributed by atoms with Crippen LogP contribution in [0.3, 0.4) is 0 Å². The highest BCUT2D eigenvalue weighted by Crippen LogP contribution is 2.16. The first-order valence-corrected chi connectivity index (χ1v) is 24.0. The Morgan fingerprint density at radius 1 is 0.296 bits per heavy atom. The fourth-order valence-corrected chi connectivity index (χ4v) is 7.21. The summed E-state index contributed by atoms with van der Waals surface area (Å²) in [6.45, 7) is 6.64. The lowest BCUT2D eigenvalue weighted by Crippen LogP contribution is -2.30. The fourth-order valence-electron chi connectivity index (χ4n) is 7.21. The van der Waals surface area contributed by atoms with Crippen LogP contribution in [-0.2, 0) is 28.6 Å². The normalized spacial score (nSPS) is 11.8. The summed E-state index contributed by atoms with van der Waals surface area (Å²) in [7, 11) is 0. The number of carbonyl (C=O) groups is 3. The highest BCUT2D eigenvalue weighted by molar-refractivity contribution is 5.71. The first kappa shape index (κ1) is 52.4. The molecule has 0 aliphatic carbocycles. The van der Waals surface area contributed by atoms with E-state index < -0.39 is 6.10 Å². The van der Waals surface area contributed by atoms with E-state index in [1.807, 2.05) is 0 Å². The molecule has 0 aliphatic rings. The van der Waals surface area contributed by atoms with Crippen molar-refractivity contribution in [1.29, 1.82) is 0 Å². The van der Waals surface area contributed by atoms with Crippen LogP contribution in [0.25, 0.3) is 0 Å². The van der Waals surface area contributed by atoms with Crippen molar-refractivity contribution in [2.75, 3.05) is 13.2 Å². The first-order valence-electron chi connectivity index (χ1n) is 24.0. The van der Waals surface area contributed by atoms with Gasteiger partial charge in [-0.15, -0.1) is 0 Å². The third kappa shape index (κ3) is 41.6. The van der Waals surface area contributed by atoms with Crippen molar-refractivity contribution in [3.8, 4) is 0 Å². The summed E-state index contributed by atoms with van der Waals surface area (Å²) in [4.78, 5) is 37.7. The summed E-state index contributed by atoms with van der Waals surface area (Å²) < 4.78 is 16.7. The Morgan fingerprint density at radius 3 is 0.741 bits per heavy atom. The van der Waals surface area contributed by atoms with Crippen molar-refractivity contribution in [3.63, 3.8) is 0 Å². The van der Waals surface area contributed by atoms with E-state index in [0.717, 1.165) is 57.8 Å². The third-order valence-corrected chi connectivity index (χ3v) is 10.9. The molecule has 0 heterocycles. The Bertz CT molecular complexity index is 798. The van der Waals surface area contributed by atoms with Crippen LogP contribution < -0.4 is 0 Å². The highest BCUT2D eigenvalue weighted by Gasteiger charge is 2.19. The molecule has 1 atom stereocenters. The van der Waals surface area contributed by atoms with Crippen LogP contribution >= 0.6 is 0 Å². The second-order valence-corrected chi connectivity index (χ2v) is 16.4. The fraction of sp³-hybridized carbons (Fsp3) is 0.938. The molecular formula is C48H92O6. The van der Waals surface area contributed by atoms with Gasteiger partial charge in [0.15, 0.2) is 6.10 Å². The smallest absolute Gasteiger partial charge is 0.306 e. The number of unbranched alkanes of at least 4 members (excludes halogenated alkanes) is 33. The molecule has 320 valence electrons. The molecule has 0 aromatic heterocycles. The summed E-state index contributed by atoms with van der Waals surface area (Å²) in [5.41, 5.74) is 0. The zero-order valence-electron chi connectivity index (χ0n) is 36.5. The maximum Gasteiger partial charge on any atom is 0.306 e. The lowest BCUT2D eigenvalue weighted by molar-refractivity contribution is -0.167. The number of ether oxygens (including phenoxy) is 3. The van der Waals surface area contributed by atoms with Gasteiger partial charge in [0.1, 0.15) is 13.2 Å². The minimum atomic E-state index is -0.757. The molecule has 0 aromatic rings. The Kier molecular flexibility index (Phi) is 42.8. The molecule has 0 aromatic carbocycles. The van der Waals surface area contributed by atoms with E-state index >= 15 is 0 Å². The molecule has 0 saturated carbocycles. The average Bonchev–Trinajstić information content (AvgIpc) is 3.17. The molecule has 0 aliphatic heterocycles. The zero-order valence-corrected chi connectivity index (χ0v) is 36.5. The van der Waals surface area contributed by atoms with Crippen molar-refractivity contribution in [1.82, 2.24) is 0 Å². The van der Waals surface area contributed by atoms with Gasteiger partial charge in [-0.25, -0.2) is 0 Å². The van der Waals surface area contributed by atoms with Gasteiger partial charge in [-0.1, -0.05) is 233 Å². The molecule has 0 spiro atoms. The Morgan fingerprint density at radius 2 is 0.500 bits per heavy atom. The number of esters is 3. The number of rotatable bonds is 44. The summed E-state index contributed by atoms with van der Waals surface area (Å²) in [5.74, 6) is -0.851. The summed E-state index contributed by atoms with van der Waals surface area (Å²) in [6, 6.07) is 0. The molecule has 0 fully saturated rings. The number of hydrogen-bond acceptors (Lipinski definition) is 6. The molecule has 0 bridgehead atoms. The predicted octanol–water partition coefficient (Wildman–Crippen LogP) is 15.3.